The third-order valence-electron chi connectivity index (χ3n) is 5.23. The Labute approximate surface area is 141 Å². The highest BCUT2D eigenvalue weighted by Gasteiger charge is 2.41. The fourth-order valence-electron chi connectivity index (χ4n) is 4.00. The lowest BCUT2D eigenvalue weighted by atomic mass is 9.80. The van der Waals surface area contributed by atoms with Gasteiger partial charge in [-0.3, -0.25) is 0 Å². The quantitative estimate of drug-likeness (QED) is 0.685. The van der Waals surface area contributed by atoms with Gasteiger partial charge in [-0.05, 0) is 54.7 Å². The van der Waals surface area contributed by atoms with Gasteiger partial charge in [-0.25, -0.2) is 4.39 Å². The number of hydrogen-bond donors (Lipinski definition) is 1. The molecule has 3 heteroatoms. The van der Waals surface area contributed by atoms with E-state index in [-0.39, 0.29) is 11.2 Å². The van der Waals surface area contributed by atoms with E-state index in [4.69, 9.17) is 4.74 Å². The molecule has 1 aliphatic carbocycles. The summed E-state index contributed by atoms with van der Waals surface area (Å²) in [7, 11) is 1.73. The number of aromatic amines is 1. The average Bonchev–Trinajstić information content (AvgIpc) is 3.17. The minimum Gasteiger partial charge on any atom is -0.500 e. The van der Waals surface area contributed by atoms with Crippen molar-refractivity contribution >= 4 is 16.5 Å². The zero-order chi connectivity index (χ0) is 16.7. The average molecular weight is 321 g/mol. The van der Waals surface area contributed by atoms with E-state index < -0.39 is 0 Å². The van der Waals surface area contributed by atoms with Gasteiger partial charge in [0.15, 0.2) is 0 Å². The van der Waals surface area contributed by atoms with Gasteiger partial charge in [-0.15, -0.1) is 0 Å². The molecule has 0 fully saturated rings. The summed E-state index contributed by atoms with van der Waals surface area (Å²) in [5.41, 5.74) is 4.42. The molecule has 0 bridgehead atoms. The van der Waals surface area contributed by atoms with Crippen LogP contribution in [0.4, 0.5) is 4.39 Å². The van der Waals surface area contributed by atoms with Crippen molar-refractivity contribution < 1.29 is 9.13 Å². The number of hydrogen-bond acceptors (Lipinski definition) is 1. The zero-order valence-electron chi connectivity index (χ0n) is 13.9. The summed E-state index contributed by atoms with van der Waals surface area (Å²) < 4.78 is 19.1. The predicted octanol–water partition coefficient (Wildman–Crippen LogP) is 5.42. The monoisotopic (exact) mass is 321 g/mol. The predicted molar refractivity (Wildman–Crippen MR) is 95.2 cm³/mol. The van der Waals surface area contributed by atoms with Crippen molar-refractivity contribution in [1.82, 2.24) is 4.98 Å². The molecular weight excluding hydrogens is 301 g/mol. The Morgan fingerprint density at radius 3 is 2.58 bits per heavy atom. The molecule has 1 atom stereocenters. The van der Waals surface area contributed by atoms with Crippen LogP contribution in [0.5, 0.6) is 0 Å². The molecule has 0 saturated heterocycles. The van der Waals surface area contributed by atoms with E-state index in [1.54, 1.807) is 7.11 Å². The topological polar surface area (TPSA) is 25.0 Å². The summed E-state index contributed by atoms with van der Waals surface area (Å²) in [6.45, 7) is 2.23. The highest BCUT2D eigenvalue weighted by atomic mass is 19.1. The lowest BCUT2D eigenvalue weighted by Gasteiger charge is -2.27. The fraction of sp³-hybridized carbons (Fsp3) is 0.238. The first-order valence-corrected chi connectivity index (χ1v) is 8.23. The molecule has 2 aromatic carbocycles. The van der Waals surface area contributed by atoms with Crippen LogP contribution in [0, 0.1) is 5.82 Å². The second kappa shape index (κ2) is 5.52. The van der Waals surface area contributed by atoms with E-state index in [0.29, 0.717) is 0 Å². The zero-order valence-corrected chi connectivity index (χ0v) is 13.9. The number of para-hydroxylation sites is 1. The van der Waals surface area contributed by atoms with Crippen molar-refractivity contribution in [2.75, 3.05) is 7.11 Å². The van der Waals surface area contributed by atoms with Crippen LogP contribution in [0.3, 0.4) is 0 Å². The van der Waals surface area contributed by atoms with Gasteiger partial charge in [0.25, 0.3) is 0 Å². The first-order chi connectivity index (χ1) is 11.6. The van der Waals surface area contributed by atoms with Crippen LogP contribution >= 0.6 is 0 Å². The van der Waals surface area contributed by atoms with Gasteiger partial charge in [0.2, 0.25) is 0 Å². The summed E-state index contributed by atoms with van der Waals surface area (Å²) in [5.74, 6) is 0.773. The van der Waals surface area contributed by atoms with Crippen LogP contribution in [-0.2, 0) is 10.2 Å². The number of ether oxygens (including phenoxy) is 1. The van der Waals surface area contributed by atoms with Crippen LogP contribution in [-0.4, -0.2) is 12.1 Å². The van der Waals surface area contributed by atoms with Crippen molar-refractivity contribution in [3.63, 3.8) is 0 Å². The summed E-state index contributed by atoms with van der Waals surface area (Å²) >= 11 is 0. The van der Waals surface area contributed by atoms with E-state index in [2.05, 4.69) is 36.3 Å². The molecule has 24 heavy (non-hydrogen) atoms. The van der Waals surface area contributed by atoms with Gasteiger partial charge in [0, 0.05) is 17.1 Å². The number of benzene rings is 2. The van der Waals surface area contributed by atoms with Gasteiger partial charge in [-0.2, -0.15) is 0 Å². The van der Waals surface area contributed by atoms with Crippen molar-refractivity contribution in [3.8, 4) is 0 Å². The number of nitrogens with one attached hydrogen (secondary N) is 1. The number of halogens is 1. The van der Waals surface area contributed by atoms with Crippen molar-refractivity contribution in [2.24, 2.45) is 0 Å². The first-order valence-electron chi connectivity index (χ1n) is 8.23. The van der Waals surface area contributed by atoms with Gasteiger partial charge < -0.3 is 9.72 Å². The van der Waals surface area contributed by atoms with Crippen molar-refractivity contribution in [1.29, 1.82) is 0 Å². The Morgan fingerprint density at radius 2 is 1.83 bits per heavy atom. The van der Waals surface area contributed by atoms with Crippen LogP contribution < -0.4 is 0 Å². The molecule has 3 aromatic rings. The maximum Gasteiger partial charge on any atom is 0.123 e. The Morgan fingerprint density at radius 1 is 1.08 bits per heavy atom. The second-order valence-electron chi connectivity index (χ2n) is 6.60. The molecule has 0 spiro atoms. The Bertz CT molecular complexity index is 922. The summed E-state index contributed by atoms with van der Waals surface area (Å²) in [4.78, 5) is 3.37. The third-order valence-corrected chi connectivity index (χ3v) is 5.23. The number of allylic oxidation sites excluding steroid dienone is 2. The van der Waals surface area contributed by atoms with Gasteiger partial charge in [0.1, 0.15) is 11.6 Å². The van der Waals surface area contributed by atoms with E-state index in [1.807, 2.05) is 18.2 Å². The molecule has 0 amide bonds. The molecule has 0 radical (unpaired) electrons. The molecule has 0 aliphatic heterocycles. The molecule has 2 nitrogen and oxygen atoms in total. The third kappa shape index (κ3) is 2.15. The van der Waals surface area contributed by atoms with Crippen LogP contribution in [0.15, 0.2) is 60.5 Å². The van der Waals surface area contributed by atoms with Crippen LogP contribution in [0.25, 0.3) is 16.5 Å². The SMILES string of the molecule is COC1=C(c2ccc(F)cc2)CCC1(C)c1c[nH]c2ccccc12. The highest BCUT2D eigenvalue weighted by molar-refractivity contribution is 5.86. The number of methoxy groups -OCH3 is 1. The minimum absolute atomic E-state index is 0.182. The molecule has 1 N–H and O–H groups in total. The number of fused-ring (bicyclic) bond motifs is 1. The Hall–Kier alpha value is -2.55. The molecule has 1 aliphatic rings. The van der Waals surface area contributed by atoms with Crippen molar-refractivity contribution in [2.45, 2.75) is 25.2 Å². The largest absolute Gasteiger partial charge is 0.500 e. The lowest BCUT2D eigenvalue weighted by Crippen LogP contribution is -2.22. The van der Waals surface area contributed by atoms with E-state index in [1.165, 1.54) is 28.7 Å². The molecule has 0 saturated carbocycles. The Kier molecular flexibility index (Phi) is 3.45. The maximum atomic E-state index is 13.3. The van der Waals surface area contributed by atoms with Crippen LogP contribution in [0.2, 0.25) is 0 Å². The van der Waals surface area contributed by atoms with Gasteiger partial charge in [-0.1, -0.05) is 30.3 Å². The van der Waals surface area contributed by atoms with Gasteiger partial charge in [0.05, 0.1) is 12.5 Å². The first kappa shape index (κ1) is 15.0. The van der Waals surface area contributed by atoms with E-state index in [9.17, 15) is 4.39 Å². The summed E-state index contributed by atoms with van der Waals surface area (Å²) in [6.07, 6.45) is 3.99. The minimum atomic E-state index is -0.212. The number of aromatic nitrogens is 1. The normalized spacial score (nSPS) is 20.8. The summed E-state index contributed by atoms with van der Waals surface area (Å²) in [6, 6.07) is 15.0. The van der Waals surface area contributed by atoms with E-state index >= 15 is 0 Å². The molecule has 4 rings (SSSR count). The smallest absolute Gasteiger partial charge is 0.123 e. The molecule has 1 unspecified atom stereocenters. The molecule has 122 valence electrons. The highest BCUT2D eigenvalue weighted by Crippen LogP contribution is 2.50. The molecule has 1 aromatic heterocycles. The number of H-pyrrole nitrogens is 1. The molecular formula is C21H20FNO. The van der Waals surface area contributed by atoms with E-state index in [0.717, 1.165) is 29.7 Å². The van der Waals surface area contributed by atoms with Crippen LogP contribution in [0.1, 0.15) is 30.9 Å². The lowest BCUT2D eigenvalue weighted by molar-refractivity contribution is 0.236. The van der Waals surface area contributed by atoms with Crippen molar-refractivity contribution in [3.05, 3.63) is 77.4 Å². The Balaban J connectivity index is 1.87. The van der Waals surface area contributed by atoms with Gasteiger partial charge >= 0.3 is 0 Å². The number of rotatable bonds is 3. The molecule has 1 heterocycles. The second-order valence-corrected chi connectivity index (χ2v) is 6.60. The fourth-order valence-corrected chi connectivity index (χ4v) is 4.00. The standard InChI is InChI=1S/C21H20FNO/c1-21(18-13-23-19-6-4-3-5-17(18)19)12-11-16(20(21)24-2)14-7-9-15(22)10-8-14/h3-10,13,23H,11-12H2,1-2H3. The summed E-state index contributed by atoms with van der Waals surface area (Å²) in [5, 5.41) is 1.23. The maximum absolute atomic E-state index is 13.3.